The normalized spacial score (nSPS) is 29.0. The first-order valence-corrected chi connectivity index (χ1v) is 6.63. The molecule has 14 heavy (non-hydrogen) atoms. The summed E-state index contributed by atoms with van der Waals surface area (Å²) in [7, 11) is 0. The number of carbonyl (C=O) groups excluding carboxylic acids is 1. The Bertz CT molecular complexity index is 198. The Morgan fingerprint density at radius 3 is 2.71 bits per heavy atom. The van der Waals surface area contributed by atoms with Gasteiger partial charge in [-0.3, -0.25) is 10.1 Å². The van der Waals surface area contributed by atoms with Crippen LogP contribution in [0.15, 0.2) is 0 Å². The van der Waals surface area contributed by atoms with E-state index in [9.17, 15) is 4.79 Å². The highest BCUT2D eigenvalue weighted by atomic mass is 32.2. The Labute approximate surface area is 89.4 Å². The summed E-state index contributed by atoms with van der Waals surface area (Å²) >= 11 is 1.80. The van der Waals surface area contributed by atoms with Gasteiger partial charge in [0.15, 0.2) is 0 Å². The average Bonchev–Trinajstić information content (AvgIpc) is 2.72. The Balaban J connectivity index is 1.75. The molecule has 0 spiro atoms. The smallest absolute Gasteiger partial charge is 0.238 e. The van der Waals surface area contributed by atoms with Crippen LogP contribution < -0.4 is 10.6 Å². The van der Waals surface area contributed by atoms with Gasteiger partial charge in [0.25, 0.3) is 0 Å². The number of hydrogen-bond donors (Lipinski definition) is 2. The molecule has 0 aromatic rings. The summed E-state index contributed by atoms with van der Waals surface area (Å²) in [5.41, 5.74) is 0. The molecule has 1 amide bonds. The van der Waals surface area contributed by atoms with E-state index in [1.54, 1.807) is 11.8 Å². The molecule has 1 saturated carbocycles. The van der Waals surface area contributed by atoms with Gasteiger partial charge in [0.05, 0.1) is 6.04 Å². The molecule has 0 aromatic carbocycles. The maximum absolute atomic E-state index is 11.7. The van der Waals surface area contributed by atoms with Gasteiger partial charge < -0.3 is 5.32 Å². The molecule has 2 fully saturated rings. The van der Waals surface area contributed by atoms with Crippen molar-refractivity contribution in [3.63, 3.8) is 0 Å². The topological polar surface area (TPSA) is 41.1 Å². The average molecular weight is 214 g/mol. The summed E-state index contributed by atoms with van der Waals surface area (Å²) in [4.78, 5) is 11.7. The first-order valence-electron chi connectivity index (χ1n) is 5.48. The van der Waals surface area contributed by atoms with E-state index >= 15 is 0 Å². The van der Waals surface area contributed by atoms with Gasteiger partial charge in [-0.15, -0.1) is 11.8 Å². The van der Waals surface area contributed by atoms with E-state index in [0.717, 1.165) is 11.6 Å². The minimum Gasteiger partial charge on any atom is -0.352 e. The van der Waals surface area contributed by atoms with Gasteiger partial charge >= 0.3 is 0 Å². The molecule has 1 unspecified atom stereocenters. The molecule has 2 aliphatic rings. The zero-order valence-corrected chi connectivity index (χ0v) is 9.24. The lowest BCUT2D eigenvalue weighted by Gasteiger charge is -2.24. The predicted octanol–water partition coefficient (Wildman–Crippen LogP) is 1.10. The molecule has 2 rings (SSSR count). The summed E-state index contributed by atoms with van der Waals surface area (Å²) < 4.78 is 0. The Morgan fingerprint density at radius 1 is 1.29 bits per heavy atom. The predicted molar refractivity (Wildman–Crippen MR) is 59.3 cm³/mol. The van der Waals surface area contributed by atoms with Crippen molar-refractivity contribution >= 4 is 17.7 Å². The fourth-order valence-corrected chi connectivity index (χ4v) is 3.05. The van der Waals surface area contributed by atoms with Crippen LogP contribution in [-0.2, 0) is 4.79 Å². The standard InChI is InChI=1S/C10H18N2OS/c13-10(9-6-14-7-11-9)12-8-4-2-1-3-5-8/h8-9,11H,1-7H2,(H,12,13). The second kappa shape index (κ2) is 5.03. The SMILES string of the molecule is O=C(NC1CCCCC1)C1CSCN1. The highest BCUT2D eigenvalue weighted by Crippen LogP contribution is 2.18. The van der Waals surface area contributed by atoms with Crippen LogP contribution in [0.3, 0.4) is 0 Å². The molecule has 0 aromatic heterocycles. The molecule has 1 aliphatic heterocycles. The van der Waals surface area contributed by atoms with Crippen molar-refractivity contribution in [2.45, 2.75) is 44.2 Å². The Kier molecular flexibility index (Phi) is 3.70. The van der Waals surface area contributed by atoms with Crippen LogP contribution in [0, 0.1) is 0 Å². The molecule has 1 heterocycles. The molecule has 4 heteroatoms. The number of rotatable bonds is 2. The van der Waals surface area contributed by atoms with Crippen molar-refractivity contribution in [1.29, 1.82) is 0 Å². The van der Waals surface area contributed by atoms with Crippen LogP contribution in [0.4, 0.5) is 0 Å². The van der Waals surface area contributed by atoms with Crippen LogP contribution >= 0.6 is 11.8 Å². The van der Waals surface area contributed by atoms with Gasteiger partial charge in [0.2, 0.25) is 5.91 Å². The van der Waals surface area contributed by atoms with Crippen molar-refractivity contribution < 1.29 is 4.79 Å². The third kappa shape index (κ3) is 2.64. The van der Waals surface area contributed by atoms with Crippen molar-refractivity contribution in [2.75, 3.05) is 11.6 Å². The quantitative estimate of drug-likeness (QED) is 0.723. The highest BCUT2D eigenvalue weighted by Gasteiger charge is 2.24. The van der Waals surface area contributed by atoms with E-state index < -0.39 is 0 Å². The third-order valence-electron chi connectivity index (χ3n) is 2.98. The van der Waals surface area contributed by atoms with Crippen LogP contribution in [-0.4, -0.2) is 29.6 Å². The van der Waals surface area contributed by atoms with E-state index in [2.05, 4.69) is 10.6 Å². The van der Waals surface area contributed by atoms with Crippen molar-refractivity contribution in [3.05, 3.63) is 0 Å². The maximum Gasteiger partial charge on any atom is 0.238 e. The zero-order valence-electron chi connectivity index (χ0n) is 8.42. The van der Waals surface area contributed by atoms with Gasteiger partial charge in [-0.1, -0.05) is 19.3 Å². The number of nitrogens with one attached hydrogen (secondary N) is 2. The minimum absolute atomic E-state index is 0.0573. The molecule has 2 N–H and O–H groups in total. The van der Waals surface area contributed by atoms with E-state index in [0.29, 0.717) is 6.04 Å². The Hall–Kier alpha value is -0.220. The summed E-state index contributed by atoms with van der Waals surface area (Å²) in [6.45, 7) is 0. The van der Waals surface area contributed by atoms with Crippen molar-refractivity contribution in [3.8, 4) is 0 Å². The number of hydrogen-bond acceptors (Lipinski definition) is 3. The van der Waals surface area contributed by atoms with Gasteiger partial charge in [-0.05, 0) is 12.8 Å². The highest BCUT2D eigenvalue weighted by molar-refractivity contribution is 7.99. The fraction of sp³-hybridized carbons (Fsp3) is 0.900. The van der Waals surface area contributed by atoms with Crippen LogP contribution in [0.1, 0.15) is 32.1 Å². The maximum atomic E-state index is 11.7. The first kappa shape index (κ1) is 10.3. The lowest BCUT2D eigenvalue weighted by Crippen LogP contribution is -2.46. The molecule has 0 radical (unpaired) electrons. The molecular formula is C10H18N2OS. The molecule has 1 atom stereocenters. The van der Waals surface area contributed by atoms with Gasteiger partial charge in [0, 0.05) is 17.7 Å². The van der Waals surface area contributed by atoms with E-state index in [4.69, 9.17) is 0 Å². The molecule has 0 bridgehead atoms. The van der Waals surface area contributed by atoms with Crippen molar-refractivity contribution in [2.24, 2.45) is 0 Å². The van der Waals surface area contributed by atoms with Gasteiger partial charge in [-0.2, -0.15) is 0 Å². The summed E-state index contributed by atoms with van der Waals surface area (Å²) in [5, 5.41) is 6.34. The number of amides is 1. The largest absolute Gasteiger partial charge is 0.352 e. The molecule has 1 saturated heterocycles. The summed E-state index contributed by atoms with van der Waals surface area (Å²) in [6, 6.07) is 0.505. The van der Waals surface area contributed by atoms with Gasteiger partial charge in [0.1, 0.15) is 0 Å². The van der Waals surface area contributed by atoms with Crippen LogP contribution in [0.2, 0.25) is 0 Å². The second-order valence-electron chi connectivity index (χ2n) is 4.12. The third-order valence-corrected chi connectivity index (χ3v) is 3.92. The first-order chi connectivity index (χ1) is 6.86. The van der Waals surface area contributed by atoms with Gasteiger partial charge in [-0.25, -0.2) is 0 Å². The van der Waals surface area contributed by atoms with E-state index in [-0.39, 0.29) is 11.9 Å². The Morgan fingerprint density at radius 2 is 2.07 bits per heavy atom. The summed E-state index contributed by atoms with van der Waals surface area (Å²) in [5.74, 6) is 2.06. The summed E-state index contributed by atoms with van der Waals surface area (Å²) in [6.07, 6.45) is 6.23. The van der Waals surface area contributed by atoms with Crippen LogP contribution in [0.5, 0.6) is 0 Å². The minimum atomic E-state index is 0.0573. The van der Waals surface area contributed by atoms with E-state index in [1.165, 1.54) is 32.1 Å². The monoisotopic (exact) mass is 214 g/mol. The lowest BCUT2D eigenvalue weighted by atomic mass is 9.95. The van der Waals surface area contributed by atoms with Crippen LogP contribution in [0.25, 0.3) is 0 Å². The van der Waals surface area contributed by atoms with Crippen molar-refractivity contribution in [1.82, 2.24) is 10.6 Å². The van der Waals surface area contributed by atoms with E-state index in [1.807, 2.05) is 0 Å². The number of thioether (sulfide) groups is 1. The second-order valence-corrected chi connectivity index (χ2v) is 5.15. The number of carbonyl (C=O) groups is 1. The zero-order chi connectivity index (χ0) is 9.80. The molecule has 80 valence electrons. The molecule has 3 nitrogen and oxygen atoms in total. The fourth-order valence-electron chi connectivity index (χ4n) is 2.11. The lowest BCUT2D eigenvalue weighted by molar-refractivity contribution is -0.123. The molecule has 1 aliphatic carbocycles. The molecular weight excluding hydrogens is 196 g/mol.